The monoisotopic (exact) mass is 261 g/mol. The Kier molecular flexibility index (Phi) is 9.22. The van der Waals surface area contributed by atoms with Gasteiger partial charge < -0.3 is 19.5 Å². The molecule has 0 bridgehead atoms. The van der Waals surface area contributed by atoms with Crippen molar-refractivity contribution >= 4 is 11.9 Å². The minimum absolute atomic E-state index is 0.0883. The van der Waals surface area contributed by atoms with Crippen molar-refractivity contribution in [2.75, 3.05) is 34.0 Å². The van der Waals surface area contributed by atoms with Gasteiger partial charge >= 0.3 is 5.97 Å². The van der Waals surface area contributed by atoms with E-state index >= 15 is 0 Å². The minimum atomic E-state index is -0.617. The predicted molar refractivity (Wildman–Crippen MR) is 66.1 cm³/mol. The summed E-state index contributed by atoms with van der Waals surface area (Å²) in [5.74, 6) is -0.486. The molecular formula is C12H23NO5. The van der Waals surface area contributed by atoms with Gasteiger partial charge in [-0.3, -0.25) is 4.79 Å². The van der Waals surface area contributed by atoms with Gasteiger partial charge in [0.2, 0.25) is 5.91 Å². The SMILES string of the molecule is COCCOCC(=O)N[C@H](CC(C)C)C(=O)OC. The van der Waals surface area contributed by atoms with Gasteiger partial charge in [0.25, 0.3) is 0 Å². The third kappa shape index (κ3) is 8.03. The molecule has 0 aliphatic carbocycles. The van der Waals surface area contributed by atoms with Crippen LogP contribution in [0.25, 0.3) is 0 Å². The highest BCUT2D eigenvalue weighted by atomic mass is 16.5. The molecule has 6 heteroatoms. The van der Waals surface area contributed by atoms with Crippen molar-refractivity contribution in [3.05, 3.63) is 0 Å². The fraction of sp³-hybridized carbons (Fsp3) is 0.833. The van der Waals surface area contributed by atoms with E-state index in [0.29, 0.717) is 19.6 Å². The summed E-state index contributed by atoms with van der Waals surface area (Å²) in [4.78, 5) is 23.0. The fourth-order valence-electron chi connectivity index (χ4n) is 1.37. The summed E-state index contributed by atoms with van der Waals surface area (Å²) >= 11 is 0. The lowest BCUT2D eigenvalue weighted by Crippen LogP contribution is -2.44. The second-order valence-electron chi connectivity index (χ2n) is 4.32. The Balaban J connectivity index is 4.06. The van der Waals surface area contributed by atoms with Crippen LogP contribution in [0.4, 0.5) is 0 Å². The molecule has 1 amide bonds. The van der Waals surface area contributed by atoms with Crippen LogP contribution in [-0.4, -0.2) is 52.0 Å². The van der Waals surface area contributed by atoms with Crippen LogP contribution in [0.3, 0.4) is 0 Å². The van der Waals surface area contributed by atoms with Crippen LogP contribution in [0.1, 0.15) is 20.3 Å². The van der Waals surface area contributed by atoms with Crippen molar-refractivity contribution in [3.8, 4) is 0 Å². The Bertz CT molecular complexity index is 255. The van der Waals surface area contributed by atoms with Crippen LogP contribution in [0, 0.1) is 5.92 Å². The predicted octanol–water partition coefficient (Wildman–Crippen LogP) is 0.353. The van der Waals surface area contributed by atoms with Crippen molar-refractivity contribution < 1.29 is 23.8 Å². The van der Waals surface area contributed by atoms with Gasteiger partial charge in [0.1, 0.15) is 12.6 Å². The summed E-state index contributed by atoms with van der Waals surface area (Å²) < 4.78 is 14.5. The van der Waals surface area contributed by atoms with Gasteiger partial charge in [-0.2, -0.15) is 0 Å². The molecule has 0 aromatic rings. The van der Waals surface area contributed by atoms with Gasteiger partial charge in [-0.05, 0) is 12.3 Å². The number of hydrogen-bond donors (Lipinski definition) is 1. The first kappa shape index (κ1) is 16.9. The molecule has 0 heterocycles. The summed E-state index contributed by atoms with van der Waals surface area (Å²) in [5.41, 5.74) is 0. The molecule has 0 aromatic heterocycles. The van der Waals surface area contributed by atoms with Gasteiger partial charge in [-0.15, -0.1) is 0 Å². The molecule has 0 aliphatic rings. The minimum Gasteiger partial charge on any atom is -0.467 e. The molecule has 18 heavy (non-hydrogen) atoms. The number of hydrogen-bond acceptors (Lipinski definition) is 5. The number of carbonyl (C=O) groups is 2. The van der Waals surface area contributed by atoms with Crippen molar-refractivity contribution in [1.29, 1.82) is 0 Å². The maximum atomic E-state index is 11.5. The van der Waals surface area contributed by atoms with Crippen molar-refractivity contribution in [3.63, 3.8) is 0 Å². The van der Waals surface area contributed by atoms with Crippen LogP contribution in [0.2, 0.25) is 0 Å². The zero-order chi connectivity index (χ0) is 14.0. The summed E-state index contributed by atoms with van der Waals surface area (Å²) in [7, 11) is 2.86. The molecule has 1 N–H and O–H groups in total. The molecule has 0 aromatic carbocycles. The zero-order valence-corrected chi connectivity index (χ0v) is 11.5. The van der Waals surface area contributed by atoms with E-state index in [1.54, 1.807) is 7.11 Å². The molecule has 0 spiro atoms. The molecular weight excluding hydrogens is 238 g/mol. The Labute approximate surface area is 108 Å². The van der Waals surface area contributed by atoms with Crippen LogP contribution < -0.4 is 5.32 Å². The first-order chi connectivity index (χ1) is 8.51. The molecule has 0 saturated carbocycles. The Morgan fingerprint density at radius 1 is 1.17 bits per heavy atom. The molecule has 1 atom stereocenters. The second-order valence-corrected chi connectivity index (χ2v) is 4.32. The summed E-state index contributed by atoms with van der Waals surface area (Å²) in [6, 6.07) is -0.617. The number of amides is 1. The number of rotatable bonds is 9. The molecule has 106 valence electrons. The number of nitrogens with one attached hydrogen (secondary N) is 1. The van der Waals surface area contributed by atoms with E-state index in [1.807, 2.05) is 13.8 Å². The smallest absolute Gasteiger partial charge is 0.328 e. The van der Waals surface area contributed by atoms with Gasteiger partial charge in [0, 0.05) is 7.11 Å². The van der Waals surface area contributed by atoms with Gasteiger partial charge in [0.15, 0.2) is 0 Å². The Morgan fingerprint density at radius 3 is 2.33 bits per heavy atom. The summed E-state index contributed by atoms with van der Waals surface area (Å²) in [5, 5.41) is 2.60. The molecule has 0 fully saturated rings. The molecule has 0 saturated heterocycles. The lowest BCUT2D eigenvalue weighted by molar-refractivity contribution is -0.146. The van der Waals surface area contributed by atoms with Crippen LogP contribution in [-0.2, 0) is 23.8 Å². The van der Waals surface area contributed by atoms with Crippen LogP contribution in [0.5, 0.6) is 0 Å². The van der Waals surface area contributed by atoms with E-state index in [2.05, 4.69) is 10.1 Å². The first-order valence-corrected chi connectivity index (χ1v) is 5.95. The van der Waals surface area contributed by atoms with Crippen LogP contribution in [0.15, 0.2) is 0 Å². The average molecular weight is 261 g/mol. The lowest BCUT2D eigenvalue weighted by atomic mass is 10.0. The molecule has 0 unspecified atom stereocenters. The maximum absolute atomic E-state index is 11.5. The Hall–Kier alpha value is -1.14. The number of ether oxygens (including phenoxy) is 3. The second kappa shape index (κ2) is 9.85. The molecule has 0 radical (unpaired) electrons. The molecule has 0 rings (SSSR count). The third-order valence-corrected chi connectivity index (χ3v) is 2.19. The van der Waals surface area contributed by atoms with E-state index in [1.165, 1.54) is 7.11 Å². The van der Waals surface area contributed by atoms with Crippen molar-refractivity contribution in [2.24, 2.45) is 5.92 Å². The standard InChI is InChI=1S/C12H23NO5/c1-9(2)7-10(12(15)17-4)13-11(14)8-18-6-5-16-3/h9-10H,5-8H2,1-4H3,(H,13,14)/t10-/m1/s1. The van der Waals surface area contributed by atoms with E-state index in [9.17, 15) is 9.59 Å². The average Bonchev–Trinajstić information content (AvgIpc) is 2.32. The highest BCUT2D eigenvalue weighted by Crippen LogP contribution is 2.06. The highest BCUT2D eigenvalue weighted by molar-refractivity contribution is 5.85. The first-order valence-electron chi connectivity index (χ1n) is 5.95. The van der Waals surface area contributed by atoms with Crippen molar-refractivity contribution in [1.82, 2.24) is 5.32 Å². The van der Waals surface area contributed by atoms with Gasteiger partial charge in [-0.25, -0.2) is 4.79 Å². The molecule has 0 aliphatic heterocycles. The lowest BCUT2D eigenvalue weighted by Gasteiger charge is -2.18. The quantitative estimate of drug-likeness (QED) is 0.479. The number of carbonyl (C=O) groups excluding carboxylic acids is 2. The zero-order valence-electron chi connectivity index (χ0n) is 11.5. The Morgan fingerprint density at radius 2 is 1.83 bits per heavy atom. The normalized spacial score (nSPS) is 12.3. The highest BCUT2D eigenvalue weighted by Gasteiger charge is 2.22. The topological polar surface area (TPSA) is 73.9 Å². The third-order valence-electron chi connectivity index (χ3n) is 2.19. The fourth-order valence-corrected chi connectivity index (χ4v) is 1.37. The number of esters is 1. The maximum Gasteiger partial charge on any atom is 0.328 e. The van der Waals surface area contributed by atoms with Crippen LogP contribution >= 0.6 is 0 Å². The van der Waals surface area contributed by atoms with E-state index in [0.717, 1.165) is 0 Å². The summed E-state index contributed by atoms with van der Waals surface area (Å²) in [6.07, 6.45) is 0.538. The largest absolute Gasteiger partial charge is 0.467 e. The van der Waals surface area contributed by atoms with E-state index < -0.39 is 12.0 Å². The summed E-state index contributed by atoms with van der Waals surface area (Å²) in [6.45, 7) is 4.63. The molecule has 6 nitrogen and oxygen atoms in total. The van der Waals surface area contributed by atoms with Crippen molar-refractivity contribution in [2.45, 2.75) is 26.3 Å². The van der Waals surface area contributed by atoms with E-state index in [4.69, 9.17) is 9.47 Å². The van der Waals surface area contributed by atoms with Gasteiger partial charge in [-0.1, -0.05) is 13.8 Å². The van der Waals surface area contributed by atoms with Gasteiger partial charge in [0.05, 0.1) is 20.3 Å². The number of methoxy groups -OCH3 is 2. The van der Waals surface area contributed by atoms with E-state index in [-0.39, 0.29) is 18.4 Å².